The molecular formula is C23H35N5O2. The van der Waals surface area contributed by atoms with Gasteiger partial charge in [-0.25, -0.2) is 4.99 Å². The zero-order chi connectivity index (χ0) is 20.8. The third-order valence-corrected chi connectivity index (χ3v) is 6.37. The standard InChI is InChI=1S/C23H35N5O2/c1-2-24-23(26-17-20-16-19-6-3-4-9-21(19)30-20)25-10-11-27-12-14-28(15-13-27)22(29)18-7-5-8-18/h3-4,6,9,18,20H,2,5,7-8,10-17H2,1H3,(H2,24,25,26). The molecule has 4 rings (SSSR count). The number of benzene rings is 1. The highest BCUT2D eigenvalue weighted by Crippen LogP contribution is 2.29. The normalized spacial score (nSPS) is 22.2. The zero-order valence-electron chi connectivity index (χ0n) is 18.1. The van der Waals surface area contributed by atoms with Crippen LogP contribution >= 0.6 is 0 Å². The lowest BCUT2D eigenvalue weighted by Gasteiger charge is -2.38. The molecule has 7 nitrogen and oxygen atoms in total. The Balaban J connectivity index is 1.16. The number of rotatable bonds is 7. The van der Waals surface area contributed by atoms with Crippen LogP contribution in [-0.2, 0) is 11.2 Å². The second kappa shape index (κ2) is 10.2. The van der Waals surface area contributed by atoms with Gasteiger partial charge in [0.1, 0.15) is 11.9 Å². The van der Waals surface area contributed by atoms with Gasteiger partial charge in [0.2, 0.25) is 5.91 Å². The molecule has 164 valence electrons. The van der Waals surface area contributed by atoms with E-state index in [1.807, 2.05) is 12.1 Å². The summed E-state index contributed by atoms with van der Waals surface area (Å²) in [6, 6.07) is 8.23. The first kappa shape index (κ1) is 21.0. The van der Waals surface area contributed by atoms with Gasteiger partial charge < -0.3 is 20.3 Å². The molecule has 2 heterocycles. The second-order valence-electron chi connectivity index (χ2n) is 8.49. The Morgan fingerprint density at radius 2 is 1.97 bits per heavy atom. The van der Waals surface area contributed by atoms with E-state index < -0.39 is 0 Å². The number of piperazine rings is 1. The largest absolute Gasteiger partial charge is 0.488 e. The number of guanidine groups is 1. The number of fused-ring (bicyclic) bond motifs is 1. The van der Waals surface area contributed by atoms with Gasteiger partial charge >= 0.3 is 0 Å². The summed E-state index contributed by atoms with van der Waals surface area (Å²) >= 11 is 0. The van der Waals surface area contributed by atoms with Gasteiger partial charge in [0, 0.05) is 58.2 Å². The number of hydrogen-bond donors (Lipinski definition) is 2. The fraction of sp³-hybridized carbons (Fsp3) is 0.652. The minimum Gasteiger partial charge on any atom is -0.488 e. The summed E-state index contributed by atoms with van der Waals surface area (Å²) in [5.41, 5.74) is 1.27. The molecule has 1 saturated heterocycles. The number of carbonyl (C=O) groups is 1. The fourth-order valence-corrected chi connectivity index (χ4v) is 4.33. The quantitative estimate of drug-likeness (QED) is 0.524. The Hall–Kier alpha value is -2.28. The zero-order valence-corrected chi connectivity index (χ0v) is 18.1. The van der Waals surface area contributed by atoms with Crippen LogP contribution in [0.3, 0.4) is 0 Å². The molecule has 1 saturated carbocycles. The van der Waals surface area contributed by atoms with E-state index in [-0.39, 0.29) is 6.10 Å². The summed E-state index contributed by atoms with van der Waals surface area (Å²) in [5.74, 6) is 2.53. The van der Waals surface area contributed by atoms with Crippen molar-refractivity contribution >= 4 is 11.9 Å². The second-order valence-corrected chi connectivity index (χ2v) is 8.49. The van der Waals surface area contributed by atoms with Gasteiger partial charge in [-0.15, -0.1) is 0 Å². The van der Waals surface area contributed by atoms with Gasteiger partial charge in [-0.3, -0.25) is 9.69 Å². The number of ether oxygens (including phenoxy) is 1. The number of nitrogens with one attached hydrogen (secondary N) is 2. The first-order valence-electron chi connectivity index (χ1n) is 11.5. The van der Waals surface area contributed by atoms with Crippen molar-refractivity contribution in [2.24, 2.45) is 10.9 Å². The van der Waals surface area contributed by atoms with Crippen molar-refractivity contribution in [3.05, 3.63) is 29.8 Å². The highest BCUT2D eigenvalue weighted by atomic mass is 16.5. The lowest BCUT2D eigenvalue weighted by Crippen LogP contribution is -2.52. The van der Waals surface area contributed by atoms with E-state index in [0.717, 1.165) is 76.8 Å². The van der Waals surface area contributed by atoms with Crippen molar-refractivity contribution in [2.75, 3.05) is 52.4 Å². The van der Waals surface area contributed by atoms with Crippen molar-refractivity contribution < 1.29 is 9.53 Å². The molecule has 7 heteroatoms. The summed E-state index contributed by atoms with van der Waals surface area (Å²) < 4.78 is 5.99. The summed E-state index contributed by atoms with van der Waals surface area (Å²) in [6.45, 7) is 9.01. The minimum atomic E-state index is 0.110. The molecule has 1 aromatic rings. The van der Waals surface area contributed by atoms with Gasteiger partial charge in [-0.2, -0.15) is 0 Å². The SMILES string of the molecule is CCNC(=NCC1Cc2ccccc2O1)NCCN1CCN(C(=O)C2CCC2)CC1. The molecule has 1 aromatic carbocycles. The Morgan fingerprint density at radius 3 is 2.67 bits per heavy atom. The summed E-state index contributed by atoms with van der Waals surface area (Å²) in [4.78, 5) is 21.6. The molecule has 3 aliphatic rings. The maximum Gasteiger partial charge on any atom is 0.225 e. The molecule has 0 aromatic heterocycles. The first-order chi connectivity index (χ1) is 14.7. The maximum absolute atomic E-state index is 12.4. The summed E-state index contributed by atoms with van der Waals surface area (Å²) in [7, 11) is 0. The lowest BCUT2D eigenvalue weighted by atomic mass is 9.84. The van der Waals surface area contributed by atoms with Gasteiger partial charge in [0.05, 0.1) is 6.54 Å². The van der Waals surface area contributed by atoms with Crippen LogP contribution in [0.1, 0.15) is 31.7 Å². The van der Waals surface area contributed by atoms with Crippen LogP contribution in [0.15, 0.2) is 29.3 Å². The number of hydrogen-bond acceptors (Lipinski definition) is 4. The third-order valence-electron chi connectivity index (χ3n) is 6.37. The molecule has 1 unspecified atom stereocenters. The number of amides is 1. The molecular weight excluding hydrogens is 378 g/mol. The predicted molar refractivity (Wildman–Crippen MR) is 119 cm³/mol. The molecule has 30 heavy (non-hydrogen) atoms. The van der Waals surface area contributed by atoms with Crippen molar-refractivity contribution in [3.63, 3.8) is 0 Å². The average Bonchev–Trinajstić information content (AvgIpc) is 3.14. The number of aliphatic imine (C=N–C) groups is 1. The topological polar surface area (TPSA) is 69.2 Å². The van der Waals surface area contributed by atoms with E-state index in [0.29, 0.717) is 18.4 Å². The Morgan fingerprint density at radius 1 is 1.17 bits per heavy atom. The van der Waals surface area contributed by atoms with Gasteiger partial charge in [0.25, 0.3) is 0 Å². The molecule has 2 fully saturated rings. The number of nitrogens with zero attached hydrogens (tertiary/aromatic N) is 3. The van der Waals surface area contributed by atoms with Crippen LogP contribution in [-0.4, -0.2) is 80.1 Å². The molecule has 1 amide bonds. The van der Waals surface area contributed by atoms with Crippen LogP contribution in [0.5, 0.6) is 5.75 Å². The smallest absolute Gasteiger partial charge is 0.225 e. The number of para-hydroxylation sites is 1. The fourth-order valence-electron chi connectivity index (χ4n) is 4.33. The summed E-state index contributed by atoms with van der Waals surface area (Å²) in [6.07, 6.45) is 4.43. The molecule has 1 atom stereocenters. The summed E-state index contributed by atoms with van der Waals surface area (Å²) in [5, 5.41) is 6.77. The third kappa shape index (κ3) is 5.25. The van der Waals surface area contributed by atoms with Crippen LogP contribution < -0.4 is 15.4 Å². The van der Waals surface area contributed by atoms with Crippen LogP contribution in [0, 0.1) is 5.92 Å². The highest BCUT2D eigenvalue weighted by molar-refractivity contribution is 5.80. The van der Waals surface area contributed by atoms with Crippen LogP contribution in [0.2, 0.25) is 0 Å². The van der Waals surface area contributed by atoms with E-state index in [4.69, 9.17) is 9.73 Å². The maximum atomic E-state index is 12.4. The lowest BCUT2D eigenvalue weighted by molar-refractivity contribution is -0.139. The van der Waals surface area contributed by atoms with Crippen molar-refractivity contribution in [1.82, 2.24) is 20.4 Å². The molecule has 0 spiro atoms. The Bertz CT molecular complexity index is 716. The van der Waals surface area contributed by atoms with Crippen molar-refractivity contribution in [1.29, 1.82) is 0 Å². The van der Waals surface area contributed by atoms with E-state index in [1.54, 1.807) is 0 Å². The molecule has 0 radical (unpaired) electrons. The minimum absolute atomic E-state index is 0.110. The number of carbonyl (C=O) groups excluding carboxylic acids is 1. The van der Waals surface area contributed by atoms with Crippen LogP contribution in [0.4, 0.5) is 0 Å². The molecule has 2 N–H and O–H groups in total. The predicted octanol–water partition coefficient (Wildman–Crippen LogP) is 1.49. The highest BCUT2D eigenvalue weighted by Gasteiger charge is 2.31. The van der Waals surface area contributed by atoms with Crippen LogP contribution in [0.25, 0.3) is 0 Å². The monoisotopic (exact) mass is 413 g/mol. The van der Waals surface area contributed by atoms with Gasteiger partial charge in [-0.05, 0) is 31.4 Å². The first-order valence-corrected chi connectivity index (χ1v) is 11.5. The molecule has 2 aliphatic heterocycles. The van der Waals surface area contributed by atoms with E-state index in [2.05, 4.69) is 39.5 Å². The van der Waals surface area contributed by atoms with Gasteiger partial charge in [0.15, 0.2) is 5.96 Å². The van der Waals surface area contributed by atoms with Gasteiger partial charge in [-0.1, -0.05) is 24.6 Å². The van der Waals surface area contributed by atoms with E-state index in [1.165, 1.54) is 12.0 Å². The average molecular weight is 414 g/mol. The molecule has 0 bridgehead atoms. The van der Waals surface area contributed by atoms with Crippen molar-refractivity contribution in [3.8, 4) is 5.75 Å². The Labute approximate surface area is 179 Å². The van der Waals surface area contributed by atoms with E-state index >= 15 is 0 Å². The Kier molecular flexibility index (Phi) is 7.10. The van der Waals surface area contributed by atoms with Crippen molar-refractivity contribution in [2.45, 2.75) is 38.7 Å². The molecule has 1 aliphatic carbocycles. The van der Waals surface area contributed by atoms with E-state index in [9.17, 15) is 4.79 Å².